The van der Waals surface area contributed by atoms with Crippen molar-refractivity contribution in [3.63, 3.8) is 0 Å². The normalized spacial score (nSPS) is 17.3. The van der Waals surface area contributed by atoms with Gasteiger partial charge in [0.25, 0.3) is 0 Å². The summed E-state index contributed by atoms with van der Waals surface area (Å²) in [6, 6.07) is 3.28. The van der Waals surface area contributed by atoms with Gasteiger partial charge >= 0.3 is 0 Å². The largest absolute Gasteiger partial charge is 0.380 e. The number of halogens is 2. The van der Waals surface area contributed by atoms with Crippen LogP contribution in [-0.2, 0) is 4.74 Å². The molecule has 2 rings (SSSR count). The Morgan fingerprint density at radius 1 is 1.46 bits per heavy atom. The highest BCUT2D eigenvalue weighted by molar-refractivity contribution is 14.0. The van der Waals surface area contributed by atoms with Crippen molar-refractivity contribution in [3.05, 3.63) is 24.1 Å². The van der Waals surface area contributed by atoms with E-state index < -0.39 is 0 Å². The van der Waals surface area contributed by atoms with Crippen LogP contribution in [0.3, 0.4) is 0 Å². The Bertz CT molecular complexity index is 558. The van der Waals surface area contributed by atoms with Gasteiger partial charge in [-0.2, -0.15) is 0 Å². The van der Waals surface area contributed by atoms with Gasteiger partial charge in [0.15, 0.2) is 17.6 Å². The van der Waals surface area contributed by atoms with Crippen LogP contribution in [0.5, 0.6) is 0 Å². The molecule has 6 nitrogen and oxygen atoms in total. The molecule has 0 amide bonds. The third-order valence-electron chi connectivity index (χ3n) is 4.17. The molecule has 26 heavy (non-hydrogen) atoms. The average Bonchev–Trinajstić information content (AvgIpc) is 3.05. The number of nitrogens with zero attached hydrogens (tertiary/aromatic N) is 3. The van der Waals surface area contributed by atoms with E-state index in [9.17, 15) is 4.39 Å². The minimum Gasteiger partial charge on any atom is -0.380 e. The van der Waals surface area contributed by atoms with Gasteiger partial charge in [0, 0.05) is 45.5 Å². The maximum absolute atomic E-state index is 13.8. The molecule has 0 bridgehead atoms. The summed E-state index contributed by atoms with van der Waals surface area (Å²) in [6.45, 7) is 8.02. The van der Waals surface area contributed by atoms with Crippen molar-refractivity contribution in [2.75, 3.05) is 44.8 Å². The first kappa shape index (κ1) is 22.9. The summed E-state index contributed by atoms with van der Waals surface area (Å²) in [5.41, 5.74) is 0. The lowest BCUT2D eigenvalue weighted by Crippen LogP contribution is -2.45. The van der Waals surface area contributed by atoms with E-state index in [1.165, 1.54) is 6.07 Å². The van der Waals surface area contributed by atoms with Crippen molar-refractivity contribution in [3.8, 4) is 0 Å². The summed E-state index contributed by atoms with van der Waals surface area (Å²) in [5.74, 6) is 1.56. The predicted molar refractivity (Wildman–Crippen MR) is 115 cm³/mol. The van der Waals surface area contributed by atoms with Crippen LogP contribution in [0, 0.1) is 11.7 Å². The van der Waals surface area contributed by atoms with Gasteiger partial charge in [-0.1, -0.05) is 13.8 Å². The van der Waals surface area contributed by atoms with Crippen LogP contribution < -0.4 is 15.5 Å². The predicted octanol–water partition coefficient (Wildman–Crippen LogP) is 2.65. The highest BCUT2D eigenvalue weighted by atomic mass is 127. The van der Waals surface area contributed by atoms with E-state index in [-0.39, 0.29) is 35.8 Å². The van der Waals surface area contributed by atoms with E-state index in [0.717, 1.165) is 32.0 Å². The third-order valence-corrected chi connectivity index (χ3v) is 4.17. The topological polar surface area (TPSA) is 61.8 Å². The van der Waals surface area contributed by atoms with E-state index in [4.69, 9.17) is 4.74 Å². The molecule has 1 aliphatic heterocycles. The number of hydrogen-bond acceptors (Lipinski definition) is 4. The van der Waals surface area contributed by atoms with E-state index in [1.54, 1.807) is 19.3 Å². The molecule has 1 aliphatic rings. The zero-order chi connectivity index (χ0) is 18.1. The molecule has 1 saturated heterocycles. The number of anilines is 1. The lowest BCUT2D eigenvalue weighted by atomic mass is 10.1. The highest BCUT2D eigenvalue weighted by Crippen LogP contribution is 2.20. The quantitative estimate of drug-likeness (QED) is 0.260. The Labute approximate surface area is 173 Å². The molecular formula is C18H31FIN5O. The Morgan fingerprint density at radius 2 is 2.27 bits per heavy atom. The number of aromatic nitrogens is 1. The van der Waals surface area contributed by atoms with Gasteiger partial charge in [-0.05, 0) is 30.9 Å². The average molecular weight is 479 g/mol. The molecule has 0 radical (unpaired) electrons. The van der Waals surface area contributed by atoms with Crippen LogP contribution >= 0.6 is 24.0 Å². The number of guanidine groups is 1. The maximum Gasteiger partial charge on any atom is 0.191 e. The summed E-state index contributed by atoms with van der Waals surface area (Å²) in [4.78, 5) is 10.4. The van der Waals surface area contributed by atoms with Crippen molar-refractivity contribution in [2.24, 2.45) is 10.9 Å². The number of hydrogen-bond donors (Lipinski definition) is 2. The fourth-order valence-corrected chi connectivity index (χ4v) is 2.73. The molecule has 0 spiro atoms. The molecule has 1 aromatic heterocycles. The number of ether oxygens (including phenoxy) is 1. The van der Waals surface area contributed by atoms with Crippen molar-refractivity contribution in [1.29, 1.82) is 0 Å². The second-order valence-corrected chi connectivity index (χ2v) is 6.68. The van der Waals surface area contributed by atoms with Gasteiger partial charge in [0.1, 0.15) is 0 Å². The fourth-order valence-electron chi connectivity index (χ4n) is 2.73. The van der Waals surface area contributed by atoms with Gasteiger partial charge < -0.3 is 20.3 Å². The monoisotopic (exact) mass is 479 g/mol. The van der Waals surface area contributed by atoms with Crippen LogP contribution in [-0.4, -0.2) is 56.9 Å². The van der Waals surface area contributed by atoms with Gasteiger partial charge in [-0.15, -0.1) is 24.0 Å². The summed E-state index contributed by atoms with van der Waals surface area (Å²) in [5, 5.41) is 6.64. The smallest absolute Gasteiger partial charge is 0.191 e. The molecule has 148 valence electrons. The van der Waals surface area contributed by atoms with Crippen molar-refractivity contribution < 1.29 is 9.13 Å². The first-order chi connectivity index (χ1) is 12.1. The van der Waals surface area contributed by atoms with Gasteiger partial charge in [0.05, 0.1) is 6.61 Å². The Morgan fingerprint density at radius 3 is 2.96 bits per heavy atom. The van der Waals surface area contributed by atoms with E-state index in [0.29, 0.717) is 31.4 Å². The molecular weight excluding hydrogens is 448 g/mol. The number of pyridine rings is 1. The number of aliphatic imine (C=N–C) groups is 1. The van der Waals surface area contributed by atoms with Crippen LogP contribution in [0.1, 0.15) is 26.7 Å². The lowest BCUT2D eigenvalue weighted by molar-refractivity contribution is 0.128. The van der Waals surface area contributed by atoms with Crippen LogP contribution in [0.4, 0.5) is 10.2 Å². The van der Waals surface area contributed by atoms with Crippen molar-refractivity contribution in [1.82, 2.24) is 15.6 Å². The maximum atomic E-state index is 13.8. The lowest BCUT2D eigenvalue weighted by Gasteiger charge is -2.20. The molecule has 1 aromatic rings. The molecule has 0 aromatic carbocycles. The Hall–Kier alpha value is -1.16. The zero-order valence-electron chi connectivity index (χ0n) is 15.9. The summed E-state index contributed by atoms with van der Waals surface area (Å²) in [6.07, 6.45) is 3.62. The second-order valence-electron chi connectivity index (χ2n) is 6.68. The minimum atomic E-state index is -0.274. The Balaban J connectivity index is 0.00000338. The van der Waals surface area contributed by atoms with E-state index in [1.807, 2.05) is 4.90 Å². The van der Waals surface area contributed by atoms with Crippen LogP contribution in [0.2, 0.25) is 0 Å². The molecule has 2 N–H and O–H groups in total. The molecule has 1 fully saturated rings. The molecule has 8 heteroatoms. The number of rotatable bonds is 8. The molecule has 0 aliphatic carbocycles. The highest BCUT2D eigenvalue weighted by Gasteiger charge is 2.25. The van der Waals surface area contributed by atoms with Crippen LogP contribution in [0.15, 0.2) is 23.3 Å². The van der Waals surface area contributed by atoms with E-state index >= 15 is 0 Å². The first-order valence-corrected chi connectivity index (χ1v) is 9.00. The van der Waals surface area contributed by atoms with Crippen LogP contribution in [0.25, 0.3) is 0 Å². The molecule has 2 heterocycles. The minimum absolute atomic E-state index is 0. The first-order valence-electron chi connectivity index (χ1n) is 9.00. The molecule has 1 unspecified atom stereocenters. The number of nitrogens with one attached hydrogen (secondary N) is 2. The fraction of sp³-hybridized carbons (Fsp3) is 0.667. The SMILES string of the molecule is CN=C(NCCOCCC(C)C)NC1CCN(c2ncccc2F)C1.I. The Kier molecular flexibility index (Phi) is 10.8. The van der Waals surface area contributed by atoms with E-state index in [2.05, 4.69) is 34.5 Å². The summed E-state index contributed by atoms with van der Waals surface area (Å²) in [7, 11) is 1.75. The van der Waals surface area contributed by atoms with Gasteiger partial charge in [-0.3, -0.25) is 4.99 Å². The van der Waals surface area contributed by atoms with Gasteiger partial charge in [0.2, 0.25) is 0 Å². The summed E-state index contributed by atoms with van der Waals surface area (Å²) < 4.78 is 19.4. The standard InChI is InChI=1S/C18H30FN5O.HI/c1-14(2)7-11-25-12-9-22-18(20-3)23-15-6-10-24(13-15)17-16(19)5-4-8-21-17;/h4-5,8,14-15H,6-7,9-13H2,1-3H3,(H2,20,22,23);1H. The molecule has 0 saturated carbocycles. The van der Waals surface area contributed by atoms with Gasteiger partial charge in [-0.25, -0.2) is 9.37 Å². The van der Waals surface area contributed by atoms with Crippen molar-refractivity contribution in [2.45, 2.75) is 32.7 Å². The van der Waals surface area contributed by atoms with Crippen molar-refractivity contribution >= 4 is 35.8 Å². The second kappa shape index (κ2) is 12.3. The summed E-state index contributed by atoms with van der Waals surface area (Å²) >= 11 is 0. The molecule has 1 atom stereocenters. The zero-order valence-corrected chi connectivity index (χ0v) is 18.2. The third kappa shape index (κ3) is 7.61.